The largest absolute Gasteiger partial charge is 0.327 e. The van der Waals surface area contributed by atoms with E-state index < -0.39 is 0 Å². The van der Waals surface area contributed by atoms with Gasteiger partial charge in [0.1, 0.15) is 0 Å². The third kappa shape index (κ3) is 4.61. The van der Waals surface area contributed by atoms with Gasteiger partial charge in [-0.3, -0.25) is 0 Å². The van der Waals surface area contributed by atoms with E-state index in [0.717, 1.165) is 25.9 Å². The lowest BCUT2D eigenvalue weighted by molar-refractivity contribution is 0.395. The van der Waals surface area contributed by atoms with Gasteiger partial charge in [0.15, 0.2) is 0 Å². The summed E-state index contributed by atoms with van der Waals surface area (Å²) >= 11 is 0. The van der Waals surface area contributed by atoms with Crippen LogP contribution in [0.5, 0.6) is 0 Å². The molecule has 108 valence electrons. The summed E-state index contributed by atoms with van der Waals surface area (Å²) in [6.45, 7) is 3.32. The number of nitriles is 1. The summed E-state index contributed by atoms with van der Waals surface area (Å²) in [4.78, 5) is 2.36. The van der Waals surface area contributed by atoms with E-state index in [1.54, 1.807) is 0 Å². The average molecular weight is 272 g/mol. The van der Waals surface area contributed by atoms with E-state index in [1.165, 1.54) is 18.5 Å². The van der Waals surface area contributed by atoms with Crippen molar-refractivity contribution in [3.8, 4) is 6.07 Å². The van der Waals surface area contributed by atoms with Gasteiger partial charge >= 0.3 is 0 Å². The lowest BCUT2D eigenvalue weighted by Gasteiger charge is -2.16. The van der Waals surface area contributed by atoms with Crippen LogP contribution in [0.2, 0.25) is 0 Å². The van der Waals surface area contributed by atoms with E-state index in [-0.39, 0.29) is 6.04 Å². The summed E-state index contributed by atoms with van der Waals surface area (Å²) in [6, 6.07) is 10.6. The van der Waals surface area contributed by atoms with Gasteiger partial charge in [-0.2, -0.15) is 5.26 Å². The van der Waals surface area contributed by atoms with Crippen LogP contribution < -0.4 is 11.1 Å². The van der Waals surface area contributed by atoms with Crippen molar-refractivity contribution in [2.75, 3.05) is 26.7 Å². The zero-order chi connectivity index (χ0) is 14.4. The van der Waals surface area contributed by atoms with Crippen molar-refractivity contribution < 1.29 is 0 Å². The molecular formula is C16H24N4. The van der Waals surface area contributed by atoms with Crippen LogP contribution in [0.3, 0.4) is 0 Å². The first-order valence-corrected chi connectivity index (χ1v) is 7.34. The van der Waals surface area contributed by atoms with Crippen molar-refractivity contribution in [1.29, 1.82) is 5.26 Å². The fourth-order valence-electron chi connectivity index (χ4n) is 2.69. The zero-order valence-electron chi connectivity index (χ0n) is 12.2. The Morgan fingerprint density at radius 2 is 2.20 bits per heavy atom. The third-order valence-corrected chi connectivity index (χ3v) is 3.92. The molecule has 4 heteroatoms. The highest BCUT2D eigenvalue weighted by molar-refractivity contribution is 5.31. The van der Waals surface area contributed by atoms with Gasteiger partial charge in [-0.1, -0.05) is 12.1 Å². The number of likely N-dealkylation sites (tertiary alicyclic amines) is 1. The molecule has 0 amide bonds. The van der Waals surface area contributed by atoms with Crippen molar-refractivity contribution in [3.63, 3.8) is 0 Å². The molecule has 1 aliphatic heterocycles. The number of rotatable bonds is 6. The normalized spacial score (nSPS) is 20.8. The predicted molar refractivity (Wildman–Crippen MR) is 81.4 cm³/mol. The van der Waals surface area contributed by atoms with Crippen LogP contribution in [-0.4, -0.2) is 43.7 Å². The molecule has 1 unspecified atom stereocenters. The molecule has 1 aliphatic rings. The zero-order valence-corrected chi connectivity index (χ0v) is 12.2. The second-order valence-electron chi connectivity index (χ2n) is 5.76. The van der Waals surface area contributed by atoms with Gasteiger partial charge < -0.3 is 16.0 Å². The molecule has 20 heavy (non-hydrogen) atoms. The second kappa shape index (κ2) is 7.39. The minimum Gasteiger partial charge on any atom is -0.327 e. The van der Waals surface area contributed by atoms with Gasteiger partial charge in [0.2, 0.25) is 0 Å². The molecular weight excluding hydrogens is 248 g/mol. The number of nitrogens with zero attached hydrogens (tertiary/aromatic N) is 2. The van der Waals surface area contributed by atoms with E-state index in [1.807, 2.05) is 24.3 Å². The molecule has 3 N–H and O–H groups in total. The fraction of sp³-hybridized carbons (Fsp3) is 0.562. The van der Waals surface area contributed by atoms with Crippen LogP contribution in [0.1, 0.15) is 24.0 Å². The van der Waals surface area contributed by atoms with Crippen LogP contribution in [0.25, 0.3) is 0 Å². The van der Waals surface area contributed by atoms with E-state index >= 15 is 0 Å². The number of likely N-dealkylation sites (N-methyl/N-ethyl adjacent to an activating group) is 1. The minimum atomic E-state index is 0.176. The summed E-state index contributed by atoms with van der Waals surface area (Å²) in [7, 11) is 2.16. The fourth-order valence-corrected chi connectivity index (χ4v) is 2.69. The maximum Gasteiger partial charge on any atom is 0.0991 e. The number of hydrogen-bond donors (Lipinski definition) is 2. The molecule has 1 aromatic rings. The first kappa shape index (κ1) is 15.0. The monoisotopic (exact) mass is 272 g/mol. The van der Waals surface area contributed by atoms with Crippen molar-refractivity contribution in [1.82, 2.24) is 10.2 Å². The maximum atomic E-state index is 8.76. The highest BCUT2D eigenvalue weighted by atomic mass is 15.2. The number of nitrogens with two attached hydrogens (primary N) is 1. The Morgan fingerprint density at radius 3 is 2.80 bits per heavy atom. The first-order valence-electron chi connectivity index (χ1n) is 7.34. The van der Waals surface area contributed by atoms with Crippen LogP contribution in [0.4, 0.5) is 0 Å². The molecule has 0 radical (unpaired) electrons. The Labute approximate surface area is 121 Å². The highest BCUT2D eigenvalue weighted by Gasteiger charge is 2.18. The Kier molecular flexibility index (Phi) is 5.54. The molecule has 1 heterocycles. The van der Waals surface area contributed by atoms with Crippen LogP contribution in [0.15, 0.2) is 24.3 Å². The van der Waals surface area contributed by atoms with Crippen molar-refractivity contribution in [2.45, 2.75) is 31.3 Å². The molecule has 2 rings (SSSR count). The molecule has 2 atom stereocenters. The Morgan fingerprint density at radius 1 is 1.45 bits per heavy atom. The summed E-state index contributed by atoms with van der Waals surface area (Å²) in [5.41, 5.74) is 8.08. The second-order valence-corrected chi connectivity index (χ2v) is 5.76. The molecule has 0 spiro atoms. The Bertz CT molecular complexity index is 449. The third-order valence-electron chi connectivity index (χ3n) is 3.92. The molecule has 0 aromatic heterocycles. The summed E-state index contributed by atoms with van der Waals surface area (Å²) < 4.78 is 0. The van der Waals surface area contributed by atoms with Crippen molar-refractivity contribution >= 4 is 0 Å². The number of benzene rings is 1. The van der Waals surface area contributed by atoms with Crippen molar-refractivity contribution in [2.24, 2.45) is 5.73 Å². The highest BCUT2D eigenvalue weighted by Crippen LogP contribution is 2.08. The number of hydrogen-bond acceptors (Lipinski definition) is 4. The van der Waals surface area contributed by atoms with Gasteiger partial charge in [0.05, 0.1) is 11.6 Å². The molecule has 0 bridgehead atoms. The van der Waals surface area contributed by atoms with E-state index in [2.05, 4.69) is 23.3 Å². The number of nitrogens with one attached hydrogen (secondary N) is 1. The maximum absolute atomic E-state index is 8.76. The minimum absolute atomic E-state index is 0.176. The van der Waals surface area contributed by atoms with E-state index in [4.69, 9.17) is 11.0 Å². The summed E-state index contributed by atoms with van der Waals surface area (Å²) in [5.74, 6) is 0. The van der Waals surface area contributed by atoms with Crippen LogP contribution in [-0.2, 0) is 6.42 Å². The van der Waals surface area contributed by atoms with Crippen LogP contribution in [0, 0.1) is 11.3 Å². The van der Waals surface area contributed by atoms with E-state index in [9.17, 15) is 0 Å². The van der Waals surface area contributed by atoms with Crippen LogP contribution >= 0.6 is 0 Å². The van der Waals surface area contributed by atoms with E-state index in [0.29, 0.717) is 11.6 Å². The molecule has 0 aliphatic carbocycles. The smallest absolute Gasteiger partial charge is 0.0991 e. The van der Waals surface area contributed by atoms with Gasteiger partial charge in [-0.05, 0) is 57.1 Å². The molecule has 1 fully saturated rings. The summed E-state index contributed by atoms with van der Waals surface area (Å²) in [5, 5.41) is 12.3. The Hall–Kier alpha value is -1.41. The molecule has 1 aromatic carbocycles. The summed E-state index contributed by atoms with van der Waals surface area (Å²) in [6.07, 6.45) is 3.10. The molecule has 1 saturated heterocycles. The lowest BCUT2D eigenvalue weighted by atomic mass is 10.0. The standard InChI is InChI=1S/C16H24N4/c1-20-9-7-16(12-20)19-8-6-15(18)10-13-2-4-14(11-17)5-3-13/h2-5,15-16,19H,6-10,12,18H2,1H3/t15?,16-/m1/s1. The SMILES string of the molecule is CN1CC[C@@H](NCCC(N)Cc2ccc(C#N)cc2)C1. The lowest BCUT2D eigenvalue weighted by Crippen LogP contribution is -2.35. The Balaban J connectivity index is 1.67. The topological polar surface area (TPSA) is 65.1 Å². The predicted octanol–water partition coefficient (Wildman–Crippen LogP) is 1.11. The van der Waals surface area contributed by atoms with Gasteiger partial charge in [-0.15, -0.1) is 0 Å². The van der Waals surface area contributed by atoms with Crippen molar-refractivity contribution in [3.05, 3.63) is 35.4 Å². The van der Waals surface area contributed by atoms with Gasteiger partial charge in [-0.25, -0.2) is 0 Å². The molecule has 4 nitrogen and oxygen atoms in total. The quantitative estimate of drug-likeness (QED) is 0.814. The molecule has 0 saturated carbocycles. The first-order chi connectivity index (χ1) is 9.67. The van der Waals surface area contributed by atoms with Gasteiger partial charge in [0.25, 0.3) is 0 Å². The van der Waals surface area contributed by atoms with Gasteiger partial charge in [0, 0.05) is 18.6 Å². The average Bonchev–Trinajstić information content (AvgIpc) is 2.85.